The van der Waals surface area contributed by atoms with Crippen LogP contribution in [0.5, 0.6) is 0 Å². The van der Waals surface area contributed by atoms with E-state index in [0.717, 1.165) is 25.2 Å². The molecular formula is C16H20ClN5O. The number of nitrogens with zero attached hydrogens (tertiary/aromatic N) is 5. The van der Waals surface area contributed by atoms with Gasteiger partial charge >= 0.3 is 0 Å². The molecule has 1 aliphatic heterocycles. The zero-order valence-electron chi connectivity index (χ0n) is 13.1. The second kappa shape index (κ2) is 7.00. The Kier molecular flexibility index (Phi) is 4.81. The quantitative estimate of drug-likeness (QED) is 0.861. The first-order chi connectivity index (χ1) is 11.1. The van der Waals surface area contributed by atoms with Crippen molar-refractivity contribution in [2.24, 2.45) is 0 Å². The van der Waals surface area contributed by atoms with Gasteiger partial charge in [-0.1, -0.05) is 11.6 Å². The molecule has 23 heavy (non-hydrogen) atoms. The van der Waals surface area contributed by atoms with Gasteiger partial charge < -0.3 is 9.80 Å². The Morgan fingerprint density at radius 2 is 2.35 bits per heavy atom. The number of rotatable bonds is 4. The second-order valence-electron chi connectivity index (χ2n) is 5.81. The molecule has 1 fully saturated rings. The van der Waals surface area contributed by atoms with Crippen LogP contribution in [0.1, 0.15) is 18.9 Å². The minimum absolute atomic E-state index is 0.112. The second-order valence-corrected chi connectivity index (χ2v) is 6.25. The molecule has 0 spiro atoms. The fourth-order valence-corrected chi connectivity index (χ4v) is 2.98. The number of piperidine rings is 1. The number of hydrogen-bond donors (Lipinski definition) is 0. The highest BCUT2D eigenvalue weighted by molar-refractivity contribution is 6.30. The maximum atomic E-state index is 12.6. The molecular weight excluding hydrogens is 314 g/mol. The van der Waals surface area contributed by atoms with Crippen LogP contribution in [0.2, 0.25) is 5.02 Å². The number of likely N-dealkylation sites (N-methyl/N-ethyl adjacent to an activating group) is 1. The van der Waals surface area contributed by atoms with Crippen LogP contribution in [0.3, 0.4) is 0 Å². The Bertz CT molecular complexity index is 643. The van der Waals surface area contributed by atoms with Gasteiger partial charge in [-0.15, -0.1) is 0 Å². The van der Waals surface area contributed by atoms with Crippen LogP contribution in [-0.2, 0) is 4.79 Å². The van der Waals surface area contributed by atoms with Gasteiger partial charge in [0.25, 0.3) is 0 Å². The predicted molar refractivity (Wildman–Crippen MR) is 89.6 cm³/mol. The molecule has 7 heteroatoms. The van der Waals surface area contributed by atoms with Gasteiger partial charge in [-0.25, -0.2) is 4.98 Å². The van der Waals surface area contributed by atoms with Crippen molar-refractivity contribution in [2.75, 3.05) is 31.6 Å². The summed E-state index contributed by atoms with van der Waals surface area (Å²) in [7, 11) is 1.86. The van der Waals surface area contributed by atoms with Crippen molar-refractivity contribution in [1.82, 2.24) is 19.7 Å². The van der Waals surface area contributed by atoms with Gasteiger partial charge in [0.15, 0.2) is 0 Å². The number of amides is 1. The molecule has 3 heterocycles. The van der Waals surface area contributed by atoms with Crippen molar-refractivity contribution in [1.29, 1.82) is 0 Å². The van der Waals surface area contributed by atoms with Crippen LogP contribution < -0.4 is 4.90 Å². The van der Waals surface area contributed by atoms with E-state index in [1.165, 1.54) is 0 Å². The van der Waals surface area contributed by atoms with Gasteiger partial charge in [-0.3, -0.25) is 9.48 Å². The largest absolute Gasteiger partial charge is 0.350 e. The van der Waals surface area contributed by atoms with E-state index in [4.69, 9.17) is 11.6 Å². The fourth-order valence-electron chi connectivity index (χ4n) is 2.87. The number of halogens is 1. The Morgan fingerprint density at radius 1 is 1.48 bits per heavy atom. The highest BCUT2D eigenvalue weighted by Gasteiger charge is 2.25. The third-order valence-electron chi connectivity index (χ3n) is 4.12. The standard InChI is InChI=1S/C16H20ClN5O/c1-20(15-6-5-13(17)10-18-15)12-16(23)21-8-2-4-14(11-21)22-9-3-7-19-22/h3,5-7,9-10,14H,2,4,8,11-12H2,1H3/t14-/m1/s1. The Labute approximate surface area is 140 Å². The molecule has 2 aromatic heterocycles. The van der Waals surface area contributed by atoms with Gasteiger partial charge in [0.2, 0.25) is 5.91 Å². The van der Waals surface area contributed by atoms with E-state index in [-0.39, 0.29) is 11.9 Å². The average Bonchev–Trinajstić information content (AvgIpc) is 3.10. The molecule has 0 N–H and O–H groups in total. The van der Waals surface area contributed by atoms with Gasteiger partial charge in [0.1, 0.15) is 5.82 Å². The van der Waals surface area contributed by atoms with E-state index < -0.39 is 0 Å². The molecule has 1 atom stereocenters. The molecule has 0 aliphatic carbocycles. The number of likely N-dealkylation sites (tertiary alicyclic amines) is 1. The average molecular weight is 334 g/mol. The van der Waals surface area contributed by atoms with Gasteiger partial charge in [-0.05, 0) is 31.0 Å². The van der Waals surface area contributed by atoms with Crippen molar-refractivity contribution < 1.29 is 4.79 Å². The Hall–Kier alpha value is -2.08. The number of aromatic nitrogens is 3. The van der Waals surface area contributed by atoms with Crippen LogP contribution >= 0.6 is 11.6 Å². The SMILES string of the molecule is CN(CC(=O)N1CCC[C@@H](n2cccn2)C1)c1ccc(Cl)cn1. The van der Waals surface area contributed by atoms with E-state index >= 15 is 0 Å². The van der Waals surface area contributed by atoms with Crippen LogP contribution in [0.4, 0.5) is 5.82 Å². The number of hydrogen-bond acceptors (Lipinski definition) is 4. The van der Waals surface area contributed by atoms with Gasteiger partial charge in [0, 0.05) is 38.7 Å². The fraction of sp³-hybridized carbons (Fsp3) is 0.438. The number of pyridine rings is 1. The summed E-state index contributed by atoms with van der Waals surface area (Å²) in [6.45, 7) is 1.82. The molecule has 1 saturated heterocycles. The molecule has 2 aromatic rings. The molecule has 0 bridgehead atoms. The number of carbonyl (C=O) groups is 1. The molecule has 6 nitrogen and oxygen atoms in total. The van der Waals surface area contributed by atoms with Crippen molar-refractivity contribution in [3.8, 4) is 0 Å². The van der Waals surface area contributed by atoms with Gasteiger partial charge in [0.05, 0.1) is 17.6 Å². The van der Waals surface area contributed by atoms with Gasteiger partial charge in [-0.2, -0.15) is 5.10 Å². The lowest BCUT2D eigenvalue weighted by molar-refractivity contribution is -0.131. The van der Waals surface area contributed by atoms with Crippen LogP contribution in [0, 0.1) is 0 Å². The predicted octanol–water partition coefficient (Wildman–Crippen LogP) is 2.23. The lowest BCUT2D eigenvalue weighted by Gasteiger charge is -2.34. The summed E-state index contributed by atoms with van der Waals surface area (Å²) in [5, 5.41) is 4.89. The van der Waals surface area contributed by atoms with Crippen LogP contribution in [0.15, 0.2) is 36.8 Å². The maximum Gasteiger partial charge on any atom is 0.242 e. The Balaban J connectivity index is 1.60. The molecule has 0 radical (unpaired) electrons. The molecule has 1 aliphatic rings. The zero-order chi connectivity index (χ0) is 16.2. The minimum atomic E-state index is 0.112. The highest BCUT2D eigenvalue weighted by Crippen LogP contribution is 2.21. The Morgan fingerprint density at radius 3 is 3.04 bits per heavy atom. The molecule has 0 saturated carbocycles. The lowest BCUT2D eigenvalue weighted by atomic mass is 10.1. The van der Waals surface area contributed by atoms with E-state index in [0.29, 0.717) is 18.1 Å². The first-order valence-corrected chi connectivity index (χ1v) is 8.11. The normalized spacial score (nSPS) is 18.0. The van der Waals surface area contributed by atoms with E-state index in [1.54, 1.807) is 18.5 Å². The highest BCUT2D eigenvalue weighted by atomic mass is 35.5. The molecule has 122 valence electrons. The van der Waals surface area contributed by atoms with E-state index in [1.807, 2.05) is 39.9 Å². The number of anilines is 1. The van der Waals surface area contributed by atoms with Crippen molar-refractivity contribution in [3.05, 3.63) is 41.8 Å². The zero-order valence-corrected chi connectivity index (χ0v) is 13.9. The van der Waals surface area contributed by atoms with E-state index in [2.05, 4.69) is 10.1 Å². The van der Waals surface area contributed by atoms with E-state index in [9.17, 15) is 4.79 Å². The molecule has 1 amide bonds. The minimum Gasteiger partial charge on any atom is -0.350 e. The molecule has 0 aromatic carbocycles. The molecule has 3 rings (SSSR count). The smallest absolute Gasteiger partial charge is 0.242 e. The van der Waals surface area contributed by atoms with Crippen molar-refractivity contribution in [3.63, 3.8) is 0 Å². The number of carbonyl (C=O) groups excluding carboxylic acids is 1. The summed E-state index contributed by atoms with van der Waals surface area (Å²) in [5.74, 6) is 0.851. The van der Waals surface area contributed by atoms with Crippen molar-refractivity contribution >= 4 is 23.3 Å². The first kappa shape index (κ1) is 15.8. The lowest BCUT2D eigenvalue weighted by Crippen LogP contribution is -2.45. The summed E-state index contributed by atoms with van der Waals surface area (Å²) in [6.07, 6.45) is 7.38. The summed E-state index contributed by atoms with van der Waals surface area (Å²) >= 11 is 5.84. The van der Waals surface area contributed by atoms with Crippen LogP contribution in [0.25, 0.3) is 0 Å². The maximum absolute atomic E-state index is 12.6. The molecule has 0 unspecified atom stereocenters. The topological polar surface area (TPSA) is 54.3 Å². The third-order valence-corrected chi connectivity index (χ3v) is 4.35. The summed E-state index contributed by atoms with van der Waals surface area (Å²) in [5.41, 5.74) is 0. The van der Waals surface area contributed by atoms with Crippen molar-refractivity contribution in [2.45, 2.75) is 18.9 Å². The van der Waals surface area contributed by atoms with Crippen LogP contribution in [-0.4, -0.2) is 52.3 Å². The summed E-state index contributed by atoms with van der Waals surface area (Å²) in [6, 6.07) is 5.78. The summed E-state index contributed by atoms with van der Waals surface area (Å²) in [4.78, 5) is 20.6. The summed E-state index contributed by atoms with van der Waals surface area (Å²) < 4.78 is 1.95. The monoisotopic (exact) mass is 333 g/mol. The third kappa shape index (κ3) is 3.82. The first-order valence-electron chi connectivity index (χ1n) is 7.73.